The van der Waals surface area contributed by atoms with Crippen LogP contribution in [0.3, 0.4) is 0 Å². The number of rotatable bonds is 3. The highest BCUT2D eigenvalue weighted by Gasteiger charge is 2.11. The summed E-state index contributed by atoms with van der Waals surface area (Å²) in [5.41, 5.74) is 5.98. The fraction of sp³-hybridized carbons (Fsp3) is 0.0417. The molecule has 2 aromatic carbocycles. The van der Waals surface area contributed by atoms with Crippen LogP contribution in [0, 0.1) is 0 Å². The fourth-order valence-corrected chi connectivity index (χ4v) is 3.61. The molecule has 0 aliphatic carbocycles. The van der Waals surface area contributed by atoms with Gasteiger partial charge in [-0.1, -0.05) is 30.3 Å². The van der Waals surface area contributed by atoms with Crippen LogP contribution < -0.4 is 4.74 Å². The van der Waals surface area contributed by atoms with Crippen LogP contribution in [0.5, 0.6) is 5.75 Å². The van der Waals surface area contributed by atoms with Gasteiger partial charge in [0.2, 0.25) is 0 Å². The summed E-state index contributed by atoms with van der Waals surface area (Å²) in [4.78, 5) is 23.4. The highest BCUT2D eigenvalue weighted by Crippen LogP contribution is 2.33. The lowest BCUT2D eigenvalue weighted by atomic mass is 9.99. The molecule has 5 heteroatoms. The highest BCUT2D eigenvalue weighted by molar-refractivity contribution is 6.00. The van der Waals surface area contributed by atoms with Gasteiger partial charge in [-0.2, -0.15) is 0 Å². The summed E-state index contributed by atoms with van der Waals surface area (Å²) < 4.78 is 5.13. The van der Waals surface area contributed by atoms with Crippen molar-refractivity contribution < 1.29 is 9.53 Å². The van der Waals surface area contributed by atoms with Crippen LogP contribution in [0.4, 0.5) is 0 Å². The second kappa shape index (κ2) is 6.87. The average Bonchev–Trinajstić information content (AvgIpc) is 3.17. The summed E-state index contributed by atoms with van der Waals surface area (Å²) in [5, 5.41) is 2.13. The molecule has 3 aromatic heterocycles. The molecular formula is C24H17N3O2. The Bertz CT molecular complexity index is 1350. The van der Waals surface area contributed by atoms with E-state index in [1.807, 2.05) is 42.7 Å². The molecule has 5 nitrogen and oxygen atoms in total. The third-order valence-corrected chi connectivity index (χ3v) is 4.91. The van der Waals surface area contributed by atoms with Gasteiger partial charge >= 0.3 is 5.97 Å². The number of fused-ring (bicyclic) bond motifs is 2. The molecule has 0 amide bonds. The predicted molar refractivity (Wildman–Crippen MR) is 114 cm³/mol. The summed E-state index contributed by atoms with van der Waals surface area (Å²) in [5.74, 6) is 0.200. The molecule has 0 atom stereocenters. The molecule has 0 aliphatic heterocycles. The zero-order chi connectivity index (χ0) is 19.8. The number of ether oxygens (including phenoxy) is 1. The molecule has 0 radical (unpaired) electrons. The summed E-state index contributed by atoms with van der Waals surface area (Å²) in [6, 6.07) is 19.8. The van der Waals surface area contributed by atoms with Crippen LogP contribution in [-0.2, 0) is 4.79 Å². The first-order valence-corrected chi connectivity index (χ1v) is 9.29. The molecule has 5 rings (SSSR count). The van der Waals surface area contributed by atoms with E-state index in [-0.39, 0.29) is 5.97 Å². The molecular weight excluding hydrogens is 362 g/mol. The van der Waals surface area contributed by atoms with E-state index in [2.05, 4.69) is 33.2 Å². The van der Waals surface area contributed by atoms with E-state index in [1.54, 1.807) is 18.3 Å². The van der Waals surface area contributed by atoms with E-state index in [1.165, 1.54) is 6.92 Å². The lowest BCUT2D eigenvalue weighted by molar-refractivity contribution is -0.131. The molecule has 0 aliphatic rings. The van der Waals surface area contributed by atoms with Gasteiger partial charge in [-0.15, -0.1) is 0 Å². The first-order chi connectivity index (χ1) is 14.2. The summed E-state index contributed by atoms with van der Waals surface area (Å²) in [6.07, 6.45) is 5.64. The summed E-state index contributed by atoms with van der Waals surface area (Å²) in [7, 11) is 0. The van der Waals surface area contributed by atoms with Crippen molar-refractivity contribution >= 4 is 27.9 Å². The van der Waals surface area contributed by atoms with Crippen molar-refractivity contribution in [3.05, 3.63) is 79.3 Å². The molecule has 5 aromatic rings. The van der Waals surface area contributed by atoms with E-state index in [9.17, 15) is 4.79 Å². The normalized spacial score (nSPS) is 11.1. The number of hydrogen-bond donors (Lipinski definition) is 1. The zero-order valence-corrected chi connectivity index (χ0v) is 15.7. The lowest BCUT2D eigenvalue weighted by Gasteiger charge is -2.07. The summed E-state index contributed by atoms with van der Waals surface area (Å²) in [6.45, 7) is 1.39. The number of nitrogens with one attached hydrogen (secondary N) is 1. The van der Waals surface area contributed by atoms with Crippen molar-refractivity contribution in [1.29, 1.82) is 0 Å². The van der Waals surface area contributed by atoms with Gasteiger partial charge in [0.15, 0.2) is 0 Å². The first kappa shape index (κ1) is 17.1. The number of aromatic amines is 1. The smallest absolute Gasteiger partial charge is 0.308 e. The Morgan fingerprint density at radius 3 is 2.59 bits per heavy atom. The number of carbonyl (C=O) groups excluding carboxylic acids is 1. The Balaban J connectivity index is 1.61. The maximum atomic E-state index is 11.1. The van der Waals surface area contributed by atoms with Gasteiger partial charge in [0.05, 0.1) is 5.52 Å². The predicted octanol–water partition coefficient (Wildman–Crippen LogP) is 5.37. The van der Waals surface area contributed by atoms with Crippen molar-refractivity contribution in [2.45, 2.75) is 6.92 Å². The van der Waals surface area contributed by atoms with Gasteiger partial charge < -0.3 is 9.72 Å². The number of pyridine rings is 2. The van der Waals surface area contributed by atoms with E-state index in [4.69, 9.17) is 4.74 Å². The van der Waals surface area contributed by atoms with Crippen molar-refractivity contribution in [1.82, 2.24) is 15.0 Å². The van der Waals surface area contributed by atoms with Crippen molar-refractivity contribution in [3.63, 3.8) is 0 Å². The van der Waals surface area contributed by atoms with Gasteiger partial charge in [-0.05, 0) is 41.5 Å². The standard InChI is InChI=1S/C24H17N3O2/c1-15(28)29-18-9-7-16(8-10-18)22-14-27-24-21(22)12-17(13-26-24)19-4-2-6-23-20(19)5-3-11-25-23/h2-14H,1H3,(H,26,27). The van der Waals surface area contributed by atoms with Crippen molar-refractivity contribution in [2.75, 3.05) is 0 Å². The van der Waals surface area contributed by atoms with E-state index >= 15 is 0 Å². The minimum absolute atomic E-state index is 0.330. The molecule has 1 N–H and O–H groups in total. The third kappa shape index (κ3) is 3.12. The molecule has 0 bridgehead atoms. The van der Waals surface area contributed by atoms with Gasteiger partial charge in [-0.3, -0.25) is 9.78 Å². The van der Waals surface area contributed by atoms with E-state index < -0.39 is 0 Å². The van der Waals surface area contributed by atoms with Gasteiger partial charge in [0, 0.05) is 47.4 Å². The number of carbonyl (C=O) groups is 1. The topological polar surface area (TPSA) is 67.9 Å². The van der Waals surface area contributed by atoms with Crippen LogP contribution in [0.1, 0.15) is 6.92 Å². The molecule has 140 valence electrons. The number of benzene rings is 2. The van der Waals surface area contributed by atoms with Gasteiger partial charge in [0.25, 0.3) is 0 Å². The molecule has 3 heterocycles. The quantitative estimate of drug-likeness (QED) is 0.338. The van der Waals surface area contributed by atoms with Crippen LogP contribution >= 0.6 is 0 Å². The van der Waals surface area contributed by atoms with E-state index in [0.29, 0.717) is 5.75 Å². The first-order valence-electron chi connectivity index (χ1n) is 9.29. The third-order valence-electron chi connectivity index (χ3n) is 4.91. The van der Waals surface area contributed by atoms with Crippen LogP contribution in [0.2, 0.25) is 0 Å². The van der Waals surface area contributed by atoms with Crippen molar-refractivity contribution in [3.8, 4) is 28.0 Å². The SMILES string of the molecule is CC(=O)Oc1ccc(-c2c[nH]c3ncc(-c4cccc5ncccc45)cc23)cc1. The number of aromatic nitrogens is 3. The largest absolute Gasteiger partial charge is 0.427 e. The number of nitrogens with zero attached hydrogens (tertiary/aromatic N) is 2. The Kier molecular flexibility index (Phi) is 4.06. The van der Waals surface area contributed by atoms with E-state index in [0.717, 1.165) is 44.2 Å². The molecule has 0 saturated carbocycles. The van der Waals surface area contributed by atoms with Gasteiger partial charge in [-0.25, -0.2) is 4.98 Å². The number of H-pyrrole nitrogens is 1. The number of hydrogen-bond acceptors (Lipinski definition) is 4. The maximum Gasteiger partial charge on any atom is 0.308 e. The number of esters is 1. The maximum absolute atomic E-state index is 11.1. The monoisotopic (exact) mass is 379 g/mol. The molecule has 29 heavy (non-hydrogen) atoms. The van der Waals surface area contributed by atoms with Crippen LogP contribution in [0.25, 0.3) is 44.2 Å². The molecule has 0 spiro atoms. The Morgan fingerprint density at radius 1 is 0.897 bits per heavy atom. The second-order valence-corrected chi connectivity index (χ2v) is 6.82. The molecule has 0 fully saturated rings. The minimum atomic E-state index is -0.330. The molecule has 0 saturated heterocycles. The fourth-order valence-electron chi connectivity index (χ4n) is 3.61. The Labute approximate surface area is 167 Å². The minimum Gasteiger partial charge on any atom is -0.427 e. The zero-order valence-electron chi connectivity index (χ0n) is 15.7. The lowest BCUT2D eigenvalue weighted by Crippen LogP contribution is -2.00. The Morgan fingerprint density at radius 2 is 1.76 bits per heavy atom. The van der Waals surface area contributed by atoms with Crippen LogP contribution in [-0.4, -0.2) is 20.9 Å². The van der Waals surface area contributed by atoms with Crippen molar-refractivity contribution in [2.24, 2.45) is 0 Å². The van der Waals surface area contributed by atoms with Crippen LogP contribution in [0.15, 0.2) is 79.3 Å². The Hall–Kier alpha value is -3.99. The highest BCUT2D eigenvalue weighted by atomic mass is 16.5. The molecule has 0 unspecified atom stereocenters. The second-order valence-electron chi connectivity index (χ2n) is 6.82. The average molecular weight is 379 g/mol. The summed E-state index contributed by atoms with van der Waals surface area (Å²) >= 11 is 0. The van der Waals surface area contributed by atoms with Gasteiger partial charge in [0.1, 0.15) is 11.4 Å².